The number of nitrogens with one attached hydrogen (secondary N) is 1. The molecule has 4 heteroatoms. The number of rotatable bonds is 7. The molecule has 0 atom stereocenters. The quantitative estimate of drug-likeness (QED) is 0.789. The van der Waals surface area contributed by atoms with Crippen molar-refractivity contribution >= 4 is 21.6 Å². The maximum Gasteiger partial charge on any atom is 0.108 e. The van der Waals surface area contributed by atoms with Gasteiger partial charge in [-0.3, -0.25) is 4.90 Å². The summed E-state index contributed by atoms with van der Waals surface area (Å²) in [6, 6.07) is 8.34. The van der Waals surface area contributed by atoms with Gasteiger partial charge in [0.2, 0.25) is 0 Å². The zero-order chi connectivity index (χ0) is 13.7. The van der Waals surface area contributed by atoms with Crippen LogP contribution in [-0.4, -0.2) is 36.6 Å². The molecule has 0 amide bonds. The van der Waals surface area contributed by atoms with Crippen molar-refractivity contribution in [3.8, 4) is 0 Å². The lowest BCUT2D eigenvalue weighted by atomic mass is 10.2. The normalized spacial score (nSPS) is 11.8. The van der Waals surface area contributed by atoms with Crippen LogP contribution in [-0.2, 0) is 6.54 Å². The predicted molar refractivity (Wildman–Crippen MR) is 83.7 cm³/mol. The lowest BCUT2D eigenvalue weighted by Gasteiger charge is -2.15. The lowest BCUT2D eigenvalue weighted by Crippen LogP contribution is -2.30. The molecular formula is C15H23N3S. The van der Waals surface area contributed by atoms with Crippen molar-refractivity contribution in [2.45, 2.75) is 20.4 Å². The Morgan fingerprint density at radius 2 is 2.11 bits per heavy atom. The summed E-state index contributed by atoms with van der Waals surface area (Å²) in [4.78, 5) is 6.99. The lowest BCUT2D eigenvalue weighted by molar-refractivity contribution is 0.321. The monoisotopic (exact) mass is 277 g/mol. The minimum atomic E-state index is 0.717. The van der Waals surface area contributed by atoms with Crippen LogP contribution in [0.25, 0.3) is 10.2 Å². The highest BCUT2D eigenvalue weighted by atomic mass is 32.1. The van der Waals surface area contributed by atoms with Gasteiger partial charge in [0, 0.05) is 13.1 Å². The van der Waals surface area contributed by atoms with Gasteiger partial charge in [-0.15, -0.1) is 11.3 Å². The average molecular weight is 277 g/mol. The maximum absolute atomic E-state index is 4.67. The summed E-state index contributed by atoms with van der Waals surface area (Å²) in [5.41, 5.74) is 1.12. The zero-order valence-corrected chi connectivity index (χ0v) is 12.8. The smallest absolute Gasteiger partial charge is 0.108 e. The van der Waals surface area contributed by atoms with Crippen molar-refractivity contribution in [1.82, 2.24) is 15.2 Å². The number of hydrogen-bond acceptors (Lipinski definition) is 4. The molecular weight excluding hydrogens is 254 g/mol. The van der Waals surface area contributed by atoms with E-state index >= 15 is 0 Å². The maximum atomic E-state index is 4.67. The van der Waals surface area contributed by atoms with E-state index in [1.165, 1.54) is 9.71 Å². The Morgan fingerprint density at radius 3 is 2.84 bits per heavy atom. The van der Waals surface area contributed by atoms with Gasteiger partial charge in [0.25, 0.3) is 0 Å². The Balaban J connectivity index is 1.80. The number of aromatic nitrogens is 1. The highest BCUT2D eigenvalue weighted by Crippen LogP contribution is 2.22. The van der Waals surface area contributed by atoms with Crippen LogP contribution in [0.5, 0.6) is 0 Å². The van der Waals surface area contributed by atoms with Crippen LogP contribution < -0.4 is 5.32 Å². The molecule has 0 saturated carbocycles. The molecule has 0 aliphatic heterocycles. The highest BCUT2D eigenvalue weighted by Gasteiger charge is 2.06. The van der Waals surface area contributed by atoms with Gasteiger partial charge in [-0.1, -0.05) is 26.0 Å². The standard InChI is InChI=1S/C15H23N3S/c1-12(2)10-16-8-9-18(3)11-15-17-13-6-4-5-7-14(13)19-15/h4-7,12,16H,8-11H2,1-3H3. The third-order valence-corrected chi connectivity index (χ3v) is 3.99. The summed E-state index contributed by atoms with van der Waals surface area (Å²) in [6.45, 7) is 8.59. The Hall–Kier alpha value is -0.970. The first-order valence-corrected chi connectivity index (χ1v) is 7.70. The van der Waals surface area contributed by atoms with Gasteiger partial charge < -0.3 is 5.32 Å². The van der Waals surface area contributed by atoms with Crippen LogP contribution in [0.15, 0.2) is 24.3 Å². The van der Waals surface area contributed by atoms with E-state index < -0.39 is 0 Å². The van der Waals surface area contributed by atoms with Gasteiger partial charge >= 0.3 is 0 Å². The van der Waals surface area contributed by atoms with Crippen LogP contribution in [0.3, 0.4) is 0 Å². The van der Waals surface area contributed by atoms with Crippen LogP contribution in [0.2, 0.25) is 0 Å². The molecule has 3 nitrogen and oxygen atoms in total. The molecule has 2 aromatic rings. The van der Waals surface area contributed by atoms with Crippen molar-refractivity contribution < 1.29 is 0 Å². The number of thiazole rings is 1. The highest BCUT2D eigenvalue weighted by molar-refractivity contribution is 7.18. The molecule has 0 fully saturated rings. The first-order valence-electron chi connectivity index (χ1n) is 6.89. The molecule has 1 aromatic carbocycles. The molecule has 0 spiro atoms. The first kappa shape index (κ1) is 14.4. The number of likely N-dealkylation sites (N-methyl/N-ethyl adjacent to an activating group) is 1. The van der Waals surface area contributed by atoms with Crippen molar-refractivity contribution in [2.24, 2.45) is 5.92 Å². The van der Waals surface area contributed by atoms with Crippen molar-refractivity contribution in [3.05, 3.63) is 29.3 Å². The minimum absolute atomic E-state index is 0.717. The molecule has 0 saturated heterocycles. The van der Waals surface area contributed by atoms with E-state index in [9.17, 15) is 0 Å². The summed E-state index contributed by atoms with van der Waals surface area (Å²) in [5.74, 6) is 0.717. The number of para-hydroxylation sites is 1. The molecule has 19 heavy (non-hydrogen) atoms. The fourth-order valence-electron chi connectivity index (χ4n) is 1.96. The first-order chi connectivity index (χ1) is 9.15. The number of nitrogens with zero attached hydrogens (tertiary/aromatic N) is 2. The van der Waals surface area contributed by atoms with Crippen molar-refractivity contribution in [1.29, 1.82) is 0 Å². The molecule has 0 aliphatic rings. The molecule has 1 N–H and O–H groups in total. The van der Waals surface area contributed by atoms with Gasteiger partial charge in [0.1, 0.15) is 5.01 Å². The van der Waals surface area contributed by atoms with Gasteiger partial charge in [-0.05, 0) is 31.6 Å². The summed E-state index contributed by atoms with van der Waals surface area (Å²) >= 11 is 1.80. The topological polar surface area (TPSA) is 28.2 Å². The van der Waals surface area contributed by atoms with E-state index in [1.807, 2.05) is 6.07 Å². The fourth-order valence-corrected chi connectivity index (χ4v) is 3.01. The molecule has 0 aliphatic carbocycles. The Bertz CT molecular complexity index is 474. The summed E-state index contributed by atoms with van der Waals surface area (Å²) < 4.78 is 1.28. The Kier molecular flexibility index (Phi) is 5.31. The second-order valence-electron chi connectivity index (χ2n) is 5.41. The van der Waals surface area contributed by atoms with E-state index in [0.717, 1.165) is 37.6 Å². The van der Waals surface area contributed by atoms with Crippen LogP contribution in [0.1, 0.15) is 18.9 Å². The van der Waals surface area contributed by atoms with Crippen LogP contribution in [0.4, 0.5) is 0 Å². The zero-order valence-electron chi connectivity index (χ0n) is 12.0. The van der Waals surface area contributed by atoms with E-state index in [0.29, 0.717) is 0 Å². The van der Waals surface area contributed by atoms with Crippen LogP contribution in [0, 0.1) is 5.92 Å². The Labute approximate surface area is 119 Å². The van der Waals surface area contributed by atoms with Gasteiger partial charge in [0.05, 0.1) is 16.8 Å². The van der Waals surface area contributed by atoms with E-state index in [4.69, 9.17) is 0 Å². The predicted octanol–water partition coefficient (Wildman–Crippen LogP) is 2.97. The molecule has 2 rings (SSSR count). The SMILES string of the molecule is CC(C)CNCCN(C)Cc1nc2ccccc2s1. The van der Waals surface area contributed by atoms with Crippen molar-refractivity contribution in [3.63, 3.8) is 0 Å². The van der Waals surface area contributed by atoms with Crippen molar-refractivity contribution in [2.75, 3.05) is 26.7 Å². The molecule has 1 heterocycles. The molecule has 1 aromatic heterocycles. The van der Waals surface area contributed by atoms with Crippen LogP contribution >= 0.6 is 11.3 Å². The summed E-state index contributed by atoms with van der Waals surface area (Å²) in [6.07, 6.45) is 0. The number of hydrogen-bond donors (Lipinski definition) is 1. The number of fused-ring (bicyclic) bond motifs is 1. The molecule has 0 bridgehead atoms. The average Bonchev–Trinajstić information content (AvgIpc) is 2.76. The summed E-state index contributed by atoms with van der Waals surface area (Å²) in [5, 5.41) is 4.67. The second kappa shape index (κ2) is 6.98. The van der Waals surface area contributed by atoms with Gasteiger partial charge in [0.15, 0.2) is 0 Å². The third-order valence-electron chi connectivity index (χ3n) is 2.97. The second-order valence-corrected chi connectivity index (χ2v) is 6.53. The largest absolute Gasteiger partial charge is 0.315 e. The van der Waals surface area contributed by atoms with Gasteiger partial charge in [-0.2, -0.15) is 0 Å². The fraction of sp³-hybridized carbons (Fsp3) is 0.533. The molecule has 0 radical (unpaired) electrons. The van der Waals surface area contributed by atoms with E-state index in [-0.39, 0.29) is 0 Å². The molecule has 104 valence electrons. The summed E-state index contributed by atoms with van der Waals surface area (Å²) in [7, 11) is 2.16. The minimum Gasteiger partial charge on any atom is -0.315 e. The van der Waals surface area contributed by atoms with Gasteiger partial charge in [-0.25, -0.2) is 4.98 Å². The van der Waals surface area contributed by atoms with E-state index in [1.54, 1.807) is 11.3 Å². The number of benzene rings is 1. The third kappa shape index (κ3) is 4.56. The Morgan fingerprint density at radius 1 is 1.32 bits per heavy atom. The molecule has 0 unspecified atom stereocenters. The van der Waals surface area contributed by atoms with E-state index in [2.05, 4.69) is 54.3 Å².